The number of aryl methyl sites for hydroxylation is 1. The van der Waals surface area contributed by atoms with E-state index in [1.54, 1.807) is 31.2 Å². The fraction of sp³-hybridized carbons (Fsp3) is 0.387. The van der Waals surface area contributed by atoms with Crippen molar-refractivity contribution in [1.29, 1.82) is 0 Å². The maximum absolute atomic E-state index is 13.5. The Labute approximate surface area is 218 Å². The van der Waals surface area contributed by atoms with Gasteiger partial charge in [0.05, 0.1) is 6.61 Å². The number of fused-ring (bicyclic) bond motifs is 1. The van der Waals surface area contributed by atoms with Crippen molar-refractivity contribution in [2.75, 3.05) is 6.61 Å². The molecule has 4 rings (SSSR count). The first-order valence-corrected chi connectivity index (χ1v) is 12.8. The van der Waals surface area contributed by atoms with Gasteiger partial charge in [-0.2, -0.15) is 0 Å². The third-order valence-electron chi connectivity index (χ3n) is 7.43. The molecule has 1 heterocycles. The number of carbonyl (C=O) groups is 3. The number of hydrogen-bond donors (Lipinski definition) is 1. The summed E-state index contributed by atoms with van der Waals surface area (Å²) >= 11 is 0. The second kappa shape index (κ2) is 10.0. The number of amides is 1. The maximum Gasteiger partial charge on any atom is 0.333 e. The lowest BCUT2D eigenvalue weighted by atomic mass is 9.62. The van der Waals surface area contributed by atoms with Gasteiger partial charge in [-0.25, -0.2) is 4.79 Å². The van der Waals surface area contributed by atoms with Crippen LogP contribution in [0.4, 0.5) is 0 Å². The number of ether oxygens (including phenoxy) is 1. The van der Waals surface area contributed by atoms with Gasteiger partial charge in [0.15, 0.2) is 17.6 Å². The van der Waals surface area contributed by atoms with Crippen LogP contribution in [0.15, 0.2) is 59.0 Å². The van der Waals surface area contributed by atoms with Gasteiger partial charge in [-0.05, 0) is 78.0 Å². The zero-order valence-corrected chi connectivity index (χ0v) is 22.4. The molecule has 194 valence electrons. The molecule has 0 aliphatic heterocycles. The molecule has 0 radical (unpaired) electrons. The predicted octanol–water partition coefficient (Wildman–Crippen LogP) is 6.20. The van der Waals surface area contributed by atoms with Crippen LogP contribution in [-0.2, 0) is 20.4 Å². The summed E-state index contributed by atoms with van der Waals surface area (Å²) in [4.78, 5) is 39.0. The number of benzene rings is 2. The van der Waals surface area contributed by atoms with E-state index in [4.69, 9.17) is 9.15 Å². The van der Waals surface area contributed by atoms with Crippen LogP contribution < -0.4 is 5.32 Å². The highest BCUT2D eigenvalue weighted by atomic mass is 16.5. The highest BCUT2D eigenvalue weighted by Crippen LogP contribution is 2.46. The summed E-state index contributed by atoms with van der Waals surface area (Å²) in [5.41, 5.74) is 4.50. The largest absolute Gasteiger partial charge is 0.464 e. The average molecular weight is 502 g/mol. The van der Waals surface area contributed by atoms with Crippen molar-refractivity contribution in [3.8, 4) is 0 Å². The molecule has 1 aliphatic rings. The molecule has 37 heavy (non-hydrogen) atoms. The van der Waals surface area contributed by atoms with Crippen molar-refractivity contribution in [3.63, 3.8) is 0 Å². The Balaban J connectivity index is 1.61. The standard InChI is InChI=1S/C31H35NO5/c1-7-36-29(35)26(20-11-9-8-10-12-20)32-28(34)25-14-13-24(37-25)27(33)21-18-23-22(17-19(21)2)30(3,4)15-16-31(23,5)6/h8-14,17-18,26H,7,15-16H2,1-6H3,(H,32,34). The van der Waals surface area contributed by atoms with Gasteiger partial charge >= 0.3 is 5.97 Å². The summed E-state index contributed by atoms with van der Waals surface area (Å²) in [6.07, 6.45) is 2.13. The van der Waals surface area contributed by atoms with E-state index in [1.165, 1.54) is 23.3 Å². The molecule has 3 aromatic rings. The molecule has 0 saturated carbocycles. The Morgan fingerprint density at radius 2 is 1.51 bits per heavy atom. The smallest absolute Gasteiger partial charge is 0.333 e. The van der Waals surface area contributed by atoms with Gasteiger partial charge in [0.2, 0.25) is 5.78 Å². The van der Waals surface area contributed by atoms with Crippen molar-refractivity contribution >= 4 is 17.7 Å². The van der Waals surface area contributed by atoms with Crippen LogP contribution in [0.25, 0.3) is 0 Å². The molecule has 6 nitrogen and oxygen atoms in total. The summed E-state index contributed by atoms with van der Waals surface area (Å²) in [6.45, 7) is 12.8. The first kappa shape index (κ1) is 26.4. The van der Waals surface area contributed by atoms with Crippen molar-refractivity contribution in [3.05, 3.63) is 93.9 Å². The number of furan rings is 1. The lowest BCUT2D eigenvalue weighted by molar-refractivity contribution is -0.145. The third-order valence-corrected chi connectivity index (χ3v) is 7.43. The van der Waals surface area contributed by atoms with E-state index in [2.05, 4.69) is 39.1 Å². The van der Waals surface area contributed by atoms with Crippen molar-refractivity contribution in [2.24, 2.45) is 0 Å². The molecular weight excluding hydrogens is 466 g/mol. The number of ketones is 1. The fourth-order valence-corrected chi connectivity index (χ4v) is 5.03. The van der Waals surface area contributed by atoms with Crippen molar-refractivity contribution < 1.29 is 23.5 Å². The highest BCUT2D eigenvalue weighted by Gasteiger charge is 2.38. The third kappa shape index (κ3) is 5.24. The number of nitrogens with one attached hydrogen (secondary N) is 1. The van der Waals surface area contributed by atoms with E-state index in [0.29, 0.717) is 11.1 Å². The zero-order chi connectivity index (χ0) is 27.0. The summed E-state index contributed by atoms with van der Waals surface area (Å²) < 4.78 is 10.9. The van der Waals surface area contributed by atoms with E-state index < -0.39 is 17.9 Å². The minimum absolute atomic E-state index is 0.0403. The van der Waals surface area contributed by atoms with Gasteiger partial charge in [-0.15, -0.1) is 0 Å². The number of carbonyl (C=O) groups excluding carboxylic acids is 3. The molecule has 6 heteroatoms. The molecule has 1 unspecified atom stereocenters. The molecular formula is C31H35NO5. The van der Waals surface area contributed by atoms with E-state index in [9.17, 15) is 14.4 Å². The molecule has 1 aromatic heterocycles. The molecule has 0 bridgehead atoms. The number of hydrogen-bond acceptors (Lipinski definition) is 5. The molecule has 0 saturated heterocycles. The zero-order valence-electron chi connectivity index (χ0n) is 22.4. The molecule has 1 amide bonds. The summed E-state index contributed by atoms with van der Waals surface area (Å²) in [7, 11) is 0. The molecule has 1 atom stereocenters. The maximum atomic E-state index is 13.5. The van der Waals surface area contributed by atoms with Crippen LogP contribution in [0, 0.1) is 6.92 Å². The lowest BCUT2D eigenvalue weighted by Crippen LogP contribution is -2.34. The highest BCUT2D eigenvalue weighted by molar-refractivity contribution is 6.09. The minimum atomic E-state index is -0.994. The van der Waals surface area contributed by atoms with Crippen LogP contribution in [0.3, 0.4) is 0 Å². The minimum Gasteiger partial charge on any atom is -0.464 e. The topological polar surface area (TPSA) is 85.6 Å². The fourth-order valence-electron chi connectivity index (χ4n) is 5.03. The first-order chi connectivity index (χ1) is 17.4. The van der Waals surface area contributed by atoms with Crippen LogP contribution in [-0.4, -0.2) is 24.3 Å². The quantitative estimate of drug-likeness (QED) is 0.308. The van der Waals surface area contributed by atoms with Crippen LogP contribution in [0.2, 0.25) is 0 Å². The van der Waals surface area contributed by atoms with Crippen molar-refractivity contribution in [1.82, 2.24) is 5.32 Å². The van der Waals surface area contributed by atoms with Gasteiger partial charge in [0, 0.05) is 5.56 Å². The van der Waals surface area contributed by atoms with E-state index in [1.807, 2.05) is 19.1 Å². The summed E-state index contributed by atoms with van der Waals surface area (Å²) in [5, 5.41) is 2.68. The lowest BCUT2D eigenvalue weighted by Gasteiger charge is -2.42. The monoisotopic (exact) mass is 501 g/mol. The van der Waals surface area contributed by atoms with Crippen LogP contribution >= 0.6 is 0 Å². The second-order valence-electron chi connectivity index (χ2n) is 11.0. The molecule has 1 aliphatic carbocycles. The van der Waals surface area contributed by atoms with E-state index >= 15 is 0 Å². The van der Waals surface area contributed by atoms with E-state index in [0.717, 1.165) is 18.4 Å². The average Bonchev–Trinajstić information content (AvgIpc) is 3.36. The van der Waals surface area contributed by atoms with Gasteiger partial charge in [0.25, 0.3) is 5.91 Å². The van der Waals surface area contributed by atoms with E-state index in [-0.39, 0.29) is 34.7 Å². The normalized spacial score (nSPS) is 16.4. The Hall–Kier alpha value is -3.67. The van der Waals surface area contributed by atoms with Gasteiger partial charge in [0.1, 0.15) is 0 Å². The Bertz CT molecular complexity index is 1330. The SMILES string of the molecule is CCOC(=O)C(NC(=O)c1ccc(C(=O)c2cc3c(cc2C)C(C)(C)CCC3(C)C)o1)c1ccccc1. The number of esters is 1. The summed E-state index contributed by atoms with van der Waals surface area (Å²) in [6, 6.07) is 15.0. The second-order valence-corrected chi connectivity index (χ2v) is 11.0. The molecule has 1 N–H and O–H groups in total. The summed E-state index contributed by atoms with van der Waals surface area (Å²) in [5.74, 6) is -1.42. The van der Waals surface area contributed by atoms with Gasteiger partial charge < -0.3 is 14.5 Å². The molecule has 2 aromatic carbocycles. The predicted molar refractivity (Wildman–Crippen MR) is 142 cm³/mol. The molecule has 0 spiro atoms. The van der Waals surface area contributed by atoms with Crippen LogP contribution in [0.5, 0.6) is 0 Å². The Morgan fingerprint density at radius 1 is 0.919 bits per heavy atom. The van der Waals surface area contributed by atoms with Gasteiger partial charge in [-0.3, -0.25) is 9.59 Å². The van der Waals surface area contributed by atoms with Gasteiger partial charge in [-0.1, -0.05) is 64.1 Å². The first-order valence-electron chi connectivity index (χ1n) is 12.8. The van der Waals surface area contributed by atoms with Crippen LogP contribution in [0.1, 0.15) is 102 Å². The Kier molecular flexibility index (Phi) is 7.13. The molecule has 0 fully saturated rings. The number of rotatable bonds is 7. The van der Waals surface area contributed by atoms with Crippen molar-refractivity contribution in [2.45, 2.75) is 71.3 Å². The Morgan fingerprint density at radius 3 is 2.14 bits per heavy atom.